The second-order valence-corrected chi connectivity index (χ2v) is 6.23. The lowest BCUT2D eigenvalue weighted by Crippen LogP contribution is -2.27. The quantitative estimate of drug-likeness (QED) is 0.654. The van der Waals surface area contributed by atoms with E-state index in [1.165, 1.54) is 0 Å². The minimum atomic E-state index is -0.300. The number of fused-ring (bicyclic) bond motifs is 1. The van der Waals surface area contributed by atoms with Gasteiger partial charge in [-0.25, -0.2) is 4.98 Å². The van der Waals surface area contributed by atoms with Gasteiger partial charge >= 0.3 is 5.97 Å². The molecule has 6 heteroatoms. The molecule has 0 radical (unpaired) electrons. The van der Waals surface area contributed by atoms with E-state index in [0.717, 1.165) is 22.4 Å². The van der Waals surface area contributed by atoms with Crippen molar-refractivity contribution < 1.29 is 14.3 Å². The first kappa shape index (κ1) is 18.6. The van der Waals surface area contributed by atoms with Gasteiger partial charge in [0.2, 0.25) is 0 Å². The number of para-hydroxylation sites is 2. The Morgan fingerprint density at radius 2 is 1.85 bits per heavy atom. The molecule has 1 N–H and O–H groups in total. The molecule has 0 spiro atoms. The summed E-state index contributed by atoms with van der Waals surface area (Å²) in [6.07, 6.45) is 0.520. The van der Waals surface area contributed by atoms with E-state index in [1.807, 2.05) is 54.0 Å². The highest BCUT2D eigenvalue weighted by Gasteiger charge is 2.15. The summed E-state index contributed by atoms with van der Waals surface area (Å²) in [6, 6.07) is 15.1. The summed E-state index contributed by atoms with van der Waals surface area (Å²) in [7, 11) is 0. The van der Waals surface area contributed by atoms with Crippen LogP contribution in [-0.4, -0.2) is 34.6 Å². The Balaban J connectivity index is 1.73. The third-order valence-electron chi connectivity index (χ3n) is 4.35. The first-order valence-corrected chi connectivity index (χ1v) is 9.03. The molecule has 0 aliphatic heterocycles. The lowest BCUT2D eigenvalue weighted by Gasteiger charge is -2.10. The van der Waals surface area contributed by atoms with Crippen molar-refractivity contribution >= 4 is 22.9 Å². The number of hydrogen-bond donors (Lipinski definition) is 1. The van der Waals surface area contributed by atoms with Crippen LogP contribution in [0.3, 0.4) is 0 Å². The summed E-state index contributed by atoms with van der Waals surface area (Å²) in [5.41, 5.74) is 3.30. The van der Waals surface area contributed by atoms with Gasteiger partial charge in [0, 0.05) is 18.5 Å². The van der Waals surface area contributed by atoms with E-state index in [9.17, 15) is 9.59 Å². The predicted molar refractivity (Wildman–Crippen MR) is 104 cm³/mol. The molecule has 0 aliphatic rings. The predicted octanol–water partition coefficient (Wildman–Crippen LogP) is 2.88. The molecule has 27 heavy (non-hydrogen) atoms. The van der Waals surface area contributed by atoms with Gasteiger partial charge < -0.3 is 14.6 Å². The monoisotopic (exact) mass is 365 g/mol. The van der Waals surface area contributed by atoms with Gasteiger partial charge in [-0.1, -0.05) is 30.3 Å². The van der Waals surface area contributed by atoms with E-state index in [2.05, 4.69) is 10.3 Å². The van der Waals surface area contributed by atoms with Crippen LogP contribution in [-0.2, 0) is 22.5 Å². The van der Waals surface area contributed by atoms with E-state index >= 15 is 0 Å². The smallest absolute Gasteiger partial charge is 0.326 e. The zero-order chi connectivity index (χ0) is 19.2. The van der Waals surface area contributed by atoms with Crippen LogP contribution in [0.1, 0.15) is 28.7 Å². The van der Waals surface area contributed by atoms with Crippen molar-refractivity contribution in [3.63, 3.8) is 0 Å². The molecule has 0 bridgehead atoms. The average Bonchev–Trinajstić information content (AvgIpc) is 3.00. The molecular formula is C21H23N3O3. The molecule has 1 heterocycles. The van der Waals surface area contributed by atoms with E-state index in [0.29, 0.717) is 25.1 Å². The van der Waals surface area contributed by atoms with Crippen molar-refractivity contribution in [3.05, 3.63) is 65.5 Å². The minimum Gasteiger partial charge on any atom is -0.465 e. The largest absolute Gasteiger partial charge is 0.465 e. The van der Waals surface area contributed by atoms with Crippen LogP contribution in [0.5, 0.6) is 0 Å². The third kappa shape index (κ3) is 4.34. The van der Waals surface area contributed by atoms with Crippen LogP contribution in [0.25, 0.3) is 11.0 Å². The number of carbonyl (C=O) groups is 2. The Kier molecular flexibility index (Phi) is 5.86. The number of aryl methyl sites for hydroxylation is 1. The van der Waals surface area contributed by atoms with Gasteiger partial charge in [0.15, 0.2) is 0 Å². The highest BCUT2D eigenvalue weighted by atomic mass is 16.5. The van der Waals surface area contributed by atoms with E-state index in [1.54, 1.807) is 13.0 Å². The fourth-order valence-electron chi connectivity index (χ4n) is 3.04. The fourth-order valence-corrected chi connectivity index (χ4v) is 3.04. The maximum Gasteiger partial charge on any atom is 0.326 e. The zero-order valence-corrected chi connectivity index (χ0v) is 15.6. The number of nitrogens with one attached hydrogen (secondary N) is 1. The summed E-state index contributed by atoms with van der Waals surface area (Å²) in [5.74, 6) is 0.335. The van der Waals surface area contributed by atoms with Gasteiger partial charge in [-0.15, -0.1) is 0 Å². The molecule has 0 atom stereocenters. The highest BCUT2D eigenvalue weighted by molar-refractivity contribution is 5.95. The lowest BCUT2D eigenvalue weighted by molar-refractivity contribution is -0.143. The van der Waals surface area contributed by atoms with E-state index in [4.69, 9.17) is 4.74 Å². The maximum absolute atomic E-state index is 12.4. The van der Waals surface area contributed by atoms with Gasteiger partial charge in [-0.3, -0.25) is 9.59 Å². The molecule has 0 saturated heterocycles. The Morgan fingerprint density at radius 1 is 1.11 bits per heavy atom. The van der Waals surface area contributed by atoms with Crippen LogP contribution >= 0.6 is 0 Å². The van der Waals surface area contributed by atoms with Crippen LogP contribution in [0.2, 0.25) is 0 Å². The molecule has 1 amide bonds. The number of hydrogen-bond acceptors (Lipinski definition) is 4. The molecule has 0 saturated carbocycles. The molecule has 6 nitrogen and oxygen atoms in total. The molecule has 0 fully saturated rings. The van der Waals surface area contributed by atoms with Crippen LogP contribution in [0, 0.1) is 6.92 Å². The van der Waals surface area contributed by atoms with Crippen molar-refractivity contribution in [1.82, 2.24) is 14.9 Å². The molecule has 3 aromatic rings. The van der Waals surface area contributed by atoms with Crippen LogP contribution in [0.4, 0.5) is 0 Å². The van der Waals surface area contributed by atoms with Crippen molar-refractivity contribution in [2.75, 3.05) is 13.2 Å². The second kappa shape index (κ2) is 8.49. The van der Waals surface area contributed by atoms with Gasteiger partial charge in [0.05, 0.1) is 17.6 Å². The highest BCUT2D eigenvalue weighted by Crippen LogP contribution is 2.16. The molecular weight excluding hydrogens is 342 g/mol. The van der Waals surface area contributed by atoms with Gasteiger partial charge in [-0.05, 0) is 37.6 Å². The number of aromatic nitrogens is 2. The van der Waals surface area contributed by atoms with Crippen molar-refractivity contribution in [2.45, 2.75) is 26.8 Å². The summed E-state index contributed by atoms with van der Waals surface area (Å²) >= 11 is 0. The molecule has 140 valence electrons. The van der Waals surface area contributed by atoms with E-state index < -0.39 is 0 Å². The molecule has 3 rings (SSSR count). The van der Waals surface area contributed by atoms with Crippen molar-refractivity contribution in [2.24, 2.45) is 0 Å². The number of ether oxygens (including phenoxy) is 1. The number of amides is 1. The number of benzene rings is 2. The Morgan fingerprint density at radius 3 is 2.63 bits per heavy atom. The fraction of sp³-hybridized carbons (Fsp3) is 0.286. The molecule has 0 unspecified atom stereocenters. The number of rotatable bonds is 7. The lowest BCUT2D eigenvalue weighted by atomic mass is 10.1. The molecule has 0 aliphatic carbocycles. The van der Waals surface area contributed by atoms with E-state index in [-0.39, 0.29) is 18.4 Å². The Labute approximate surface area is 158 Å². The summed E-state index contributed by atoms with van der Waals surface area (Å²) in [5, 5.41) is 2.93. The maximum atomic E-state index is 12.4. The topological polar surface area (TPSA) is 73.2 Å². The molecule has 2 aromatic carbocycles. The van der Waals surface area contributed by atoms with Crippen LogP contribution < -0.4 is 5.32 Å². The second-order valence-electron chi connectivity index (χ2n) is 6.23. The molecule has 1 aromatic heterocycles. The number of esters is 1. The number of imidazole rings is 1. The summed E-state index contributed by atoms with van der Waals surface area (Å²) in [4.78, 5) is 29.0. The first-order valence-electron chi connectivity index (χ1n) is 9.03. The zero-order valence-electron chi connectivity index (χ0n) is 15.6. The summed E-state index contributed by atoms with van der Waals surface area (Å²) in [6.45, 7) is 4.57. The first-order chi connectivity index (χ1) is 13.1. The van der Waals surface area contributed by atoms with Crippen molar-refractivity contribution in [3.8, 4) is 0 Å². The Bertz CT molecular complexity index is 962. The average molecular weight is 365 g/mol. The standard InChI is InChI=1S/C21H23N3O3/c1-3-27-20(25)14-24-18-11-7-6-10-17(18)23-19(24)12-13-22-21(26)16-9-5-4-8-15(16)2/h4-11H,3,12-14H2,1-2H3,(H,22,26). The normalized spacial score (nSPS) is 10.7. The van der Waals surface area contributed by atoms with Crippen molar-refractivity contribution in [1.29, 1.82) is 0 Å². The minimum absolute atomic E-state index is 0.107. The van der Waals surface area contributed by atoms with Crippen LogP contribution in [0.15, 0.2) is 48.5 Å². The SMILES string of the molecule is CCOC(=O)Cn1c(CCNC(=O)c2ccccc2C)nc2ccccc21. The third-order valence-corrected chi connectivity index (χ3v) is 4.35. The number of carbonyl (C=O) groups excluding carboxylic acids is 2. The van der Waals surface area contributed by atoms with Gasteiger partial charge in [0.25, 0.3) is 5.91 Å². The van der Waals surface area contributed by atoms with Gasteiger partial charge in [0.1, 0.15) is 12.4 Å². The Hall–Kier alpha value is -3.15. The van der Waals surface area contributed by atoms with Gasteiger partial charge in [-0.2, -0.15) is 0 Å². The summed E-state index contributed by atoms with van der Waals surface area (Å²) < 4.78 is 6.93. The number of nitrogens with zero attached hydrogens (tertiary/aromatic N) is 2.